The molecule has 8 nitrogen and oxygen atoms in total. The summed E-state index contributed by atoms with van der Waals surface area (Å²) in [4.78, 5) is 22.3. The normalized spacial score (nSPS) is 15.4. The van der Waals surface area contributed by atoms with Gasteiger partial charge in [-0.05, 0) is 41.8 Å². The van der Waals surface area contributed by atoms with Crippen LogP contribution >= 0.6 is 11.3 Å². The summed E-state index contributed by atoms with van der Waals surface area (Å²) in [6, 6.07) is 8.09. The number of benzene rings is 1. The molecule has 2 aromatic heterocycles. The molecule has 3 aromatic rings. The van der Waals surface area contributed by atoms with Crippen LogP contribution in [0.5, 0.6) is 0 Å². The van der Waals surface area contributed by atoms with Gasteiger partial charge in [0.05, 0.1) is 15.1 Å². The van der Waals surface area contributed by atoms with E-state index in [2.05, 4.69) is 26.8 Å². The lowest BCUT2D eigenvalue weighted by atomic mass is 10.3. The first-order chi connectivity index (χ1) is 14.0. The van der Waals surface area contributed by atoms with E-state index in [9.17, 15) is 13.2 Å². The number of nitrogens with one attached hydrogen (secondary N) is 1. The summed E-state index contributed by atoms with van der Waals surface area (Å²) in [6.45, 7) is 5.23. The van der Waals surface area contributed by atoms with Crippen LogP contribution in [0.1, 0.15) is 0 Å². The number of carbonyl (C=O) groups excluding carboxylic acids is 1. The predicted octanol–water partition coefficient (Wildman–Crippen LogP) is 2.33. The van der Waals surface area contributed by atoms with E-state index < -0.39 is 10.0 Å². The molecule has 0 radical (unpaired) electrons. The molecule has 29 heavy (non-hydrogen) atoms. The van der Waals surface area contributed by atoms with Gasteiger partial charge in [0.1, 0.15) is 12.1 Å². The number of fused-ring (bicyclic) bond motifs is 1. The molecule has 150 valence electrons. The van der Waals surface area contributed by atoms with Gasteiger partial charge in [-0.3, -0.25) is 4.79 Å². The Bertz CT molecular complexity index is 1150. The first-order valence-electron chi connectivity index (χ1n) is 8.96. The molecule has 0 unspecified atom stereocenters. The Hall–Kier alpha value is -2.82. The van der Waals surface area contributed by atoms with Gasteiger partial charge < -0.3 is 10.2 Å². The van der Waals surface area contributed by atoms with Crippen molar-refractivity contribution in [3.05, 3.63) is 54.7 Å². The van der Waals surface area contributed by atoms with E-state index in [-0.39, 0.29) is 10.8 Å². The van der Waals surface area contributed by atoms with Gasteiger partial charge in [0, 0.05) is 31.9 Å². The minimum absolute atomic E-state index is 0.199. The van der Waals surface area contributed by atoms with Gasteiger partial charge in [-0.25, -0.2) is 18.4 Å². The van der Waals surface area contributed by atoms with E-state index in [0.29, 0.717) is 31.9 Å². The van der Waals surface area contributed by atoms with Crippen molar-refractivity contribution < 1.29 is 13.2 Å². The Morgan fingerprint density at radius 1 is 1.10 bits per heavy atom. The molecule has 1 fully saturated rings. The third-order valence-corrected chi connectivity index (χ3v) is 7.52. The van der Waals surface area contributed by atoms with Gasteiger partial charge >= 0.3 is 0 Å². The molecule has 3 heterocycles. The van der Waals surface area contributed by atoms with Crippen LogP contribution in [0.4, 0.5) is 11.5 Å². The van der Waals surface area contributed by atoms with Crippen molar-refractivity contribution >= 4 is 49.0 Å². The molecule has 0 spiro atoms. The van der Waals surface area contributed by atoms with Crippen molar-refractivity contribution in [3.8, 4) is 0 Å². The number of thiophene rings is 1. The van der Waals surface area contributed by atoms with Crippen molar-refractivity contribution in [1.29, 1.82) is 0 Å². The third kappa shape index (κ3) is 3.86. The van der Waals surface area contributed by atoms with Gasteiger partial charge in [-0.2, -0.15) is 4.31 Å². The summed E-state index contributed by atoms with van der Waals surface area (Å²) in [5.41, 5.74) is 1.42. The number of hydrogen-bond acceptors (Lipinski definition) is 7. The Balaban J connectivity index is 1.46. The maximum Gasteiger partial charge on any atom is 0.247 e. The minimum Gasteiger partial charge on any atom is -0.353 e. The lowest BCUT2D eigenvalue weighted by Crippen LogP contribution is -2.48. The van der Waals surface area contributed by atoms with Gasteiger partial charge in [0.2, 0.25) is 15.9 Å². The zero-order valence-corrected chi connectivity index (χ0v) is 17.1. The molecule has 1 aliphatic heterocycles. The summed E-state index contributed by atoms with van der Waals surface area (Å²) in [5.74, 6) is 0.505. The molecule has 0 bridgehead atoms. The molecule has 10 heteroatoms. The van der Waals surface area contributed by atoms with Crippen molar-refractivity contribution in [2.45, 2.75) is 4.90 Å². The molecule has 0 aliphatic carbocycles. The molecule has 4 rings (SSSR count). The number of aromatic nitrogens is 2. The molecular formula is C19H19N5O3S2. The van der Waals surface area contributed by atoms with E-state index in [4.69, 9.17) is 0 Å². The minimum atomic E-state index is -3.61. The third-order valence-electron chi connectivity index (χ3n) is 4.71. The number of sulfonamides is 1. The second kappa shape index (κ2) is 7.90. The van der Waals surface area contributed by atoms with Gasteiger partial charge in [-0.1, -0.05) is 6.58 Å². The molecule has 1 aromatic carbocycles. The quantitative estimate of drug-likeness (QED) is 0.626. The number of rotatable bonds is 5. The summed E-state index contributed by atoms with van der Waals surface area (Å²) in [5, 5.41) is 4.58. The fourth-order valence-electron chi connectivity index (χ4n) is 3.19. The Morgan fingerprint density at radius 2 is 1.83 bits per heavy atom. The van der Waals surface area contributed by atoms with E-state index in [1.807, 2.05) is 11.4 Å². The molecule has 1 N–H and O–H groups in total. The molecule has 1 amide bonds. The largest absolute Gasteiger partial charge is 0.353 e. The monoisotopic (exact) mass is 429 g/mol. The highest BCUT2D eigenvalue weighted by atomic mass is 32.2. The topological polar surface area (TPSA) is 95.5 Å². The Kier molecular flexibility index (Phi) is 5.31. The second-order valence-corrected chi connectivity index (χ2v) is 9.30. The number of hydrogen-bond donors (Lipinski definition) is 1. The van der Waals surface area contributed by atoms with Crippen molar-refractivity contribution in [2.24, 2.45) is 0 Å². The average molecular weight is 430 g/mol. The molecular weight excluding hydrogens is 410 g/mol. The van der Waals surface area contributed by atoms with Crippen LogP contribution in [0.2, 0.25) is 0 Å². The highest BCUT2D eigenvalue weighted by Gasteiger charge is 2.29. The fraction of sp³-hybridized carbons (Fsp3) is 0.211. The smallest absolute Gasteiger partial charge is 0.247 e. The number of piperazine rings is 1. The molecule has 1 aliphatic rings. The number of amides is 1. The van der Waals surface area contributed by atoms with Gasteiger partial charge in [-0.15, -0.1) is 11.3 Å². The lowest BCUT2D eigenvalue weighted by Gasteiger charge is -2.34. The van der Waals surface area contributed by atoms with Crippen LogP contribution in [0.15, 0.2) is 59.6 Å². The highest BCUT2D eigenvalue weighted by molar-refractivity contribution is 7.89. The van der Waals surface area contributed by atoms with E-state index >= 15 is 0 Å². The van der Waals surface area contributed by atoms with Gasteiger partial charge in [0.25, 0.3) is 0 Å². The first kappa shape index (κ1) is 19.5. The SMILES string of the molecule is C=CC(=O)Nc1ccc(S(=O)(=O)N2CCN(c3ncnc4ccsc34)CC2)cc1. The summed E-state index contributed by atoms with van der Waals surface area (Å²) in [6.07, 6.45) is 2.70. The van der Waals surface area contributed by atoms with Crippen LogP contribution in [0.25, 0.3) is 10.2 Å². The summed E-state index contributed by atoms with van der Waals surface area (Å²) in [7, 11) is -3.61. The van der Waals surface area contributed by atoms with Crippen LogP contribution in [-0.2, 0) is 14.8 Å². The van der Waals surface area contributed by atoms with Crippen LogP contribution in [0, 0.1) is 0 Å². The van der Waals surface area contributed by atoms with Crippen molar-refractivity contribution in [3.63, 3.8) is 0 Å². The predicted molar refractivity (Wildman–Crippen MR) is 114 cm³/mol. The second-order valence-electron chi connectivity index (χ2n) is 6.44. The van der Waals surface area contributed by atoms with E-state index in [0.717, 1.165) is 22.1 Å². The zero-order chi connectivity index (χ0) is 20.4. The Labute approximate surface area is 172 Å². The maximum atomic E-state index is 13.0. The number of nitrogens with zero attached hydrogens (tertiary/aromatic N) is 4. The Morgan fingerprint density at radius 3 is 2.52 bits per heavy atom. The molecule has 0 atom stereocenters. The summed E-state index contributed by atoms with van der Waals surface area (Å²) < 4.78 is 28.4. The van der Waals surface area contributed by atoms with E-state index in [1.54, 1.807) is 29.8 Å². The van der Waals surface area contributed by atoms with Crippen LogP contribution < -0.4 is 10.2 Å². The van der Waals surface area contributed by atoms with Crippen LogP contribution in [-0.4, -0.2) is 54.8 Å². The average Bonchev–Trinajstić information content (AvgIpc) is 3.23. The maximum absolute atomic E-state index is 13.0. The molecule has 0 saturated carbocycles. The standard InChI is InChI=1S/C19H19N5O3S2/c1-2-17(25)22-14-3-5-15(6-4-14)29(26,27)24-10-8-23(9-11-24)19-18-16(7-12-28-18)20-13-21-19/h2-7,12-13H,1,8-11H2,(H,22,25). The molecule has 1 saturated heterocycles. The van der Waals surface area contributed by atoms with E-state index in [1.165, 1.54) is 16.4 Å². The zero-order valence-electron chi connectivity index (χ0n) is 15.5. The van der Waals surface area contributed by atoms with Crippen molar-refractivity contribution in [1.82, 2.24) is 14.3 Å². The van der Waals surface area contributed by atoms with Crippen LogP contribution in [0.3, 0.4) is 0 Å². The van der Waals surface area contributed by atoms with Gasteiger partial charge in [0.15, 0.2) is 0 Å². The van der Waals surface area contributed by atoms with Crippen molar-refractivity contribution in [2.75, 3.05) is 36.4 Å². The summed E-state index contributed by atoms with van der Waals surface area (Å²) >= 11 is 1.58. The highest BCUT2D eigenvalue weighted by Crippen LogP contribution is 2.29. The number of anilines is 2. The fourth-order valence-corrected chi connectivity index (χ4v) is 5.48. The first-order valence-corrected chi connectivity index (χ1v) is 11.3. The lowest BCUT2D eigenvalue weighted by molar-refractivity contribution is -0.111. The number of carbonyl (C=O) groups is 1.